The predicted octanol–water partition coefficient (Wildman–Crippen LogP) is 2.32. The van der Waals surface area contributed by atoms with Crippen LogP contribution in [0.25, 0.3) is 0 Å². The highest BCUT2D eigenvalue weighted by Crippen LogP contribution is 2.37. The van der Waals surface area contributed by atoms with Gasteiger partial charge in [-0.1, -0.05) is 12.1 Å². The van der Waals surface area contributed by atoms with Crippen LogP contribution < -0.4 is 14.8 Å². The Morgan fingerprint density at radius 2 is 1.82 bits per heavy atom. The van der Waals surface area contributed by atoms with Gasteiger partial charge in [0.05, 0.1) is 10.6 Å². The van der Waals surface area contributed by atoms with Crippen LogP contribution in [-0.4, -0.2) is 36.0 Å². The minimum atomic E-state index is -1.01. The first-order chi connectivity index (χ1) is 13.4. The molecule has 0 atom stereocenters. The zero-order valence-electron chi connectivity index (χ0n) is 14.6. The van der Waals surface area contributed by atoms with Crippen molar-refractivity contribution in [3.8, 4) is 11.5 Å². The molecule has 28 heavy (non-hydrogen) atoms. The highest BCUT2D eigenvalue weighted by molar-refractivity contribution is 6.05. The number of hydrogen-bond acceptors (Lipinski definition) is 8. The molecule has 0 saturated heterocycles. The molecule has 1 aliphatic rings. The maximum atomic E-state index is 12.1. The number of rotatable bonds is 6. The summed E-state index contributed by atoms with van der Waals surface area (Å²) in [5, 5.41) is 13.4. The van der Waals surface area contributed by atoms with Gasteiger partial charge in [-0.3, -0.25) is 19.7 Å². The molecule has 1 N–H and O–H groups in total. The Balaban J connectivity index is 1.69. The van der Waals surface area contributed by atoms with Crippen LogP contribution in [0.3, 0.4) is 0 Å². The molecule has 144 valence electrons. The molecule has 10 heteroatoms. The number of benzene rings is 2. The second-order valence-electron chi connectivity index (χ2n) is 5.71. The number of ether oxygens (including phenoxy) is 3. The van der Waals surface area contributed by atoms with Crippen LogP contribution in [0.5, 0.6) is 11.5 Å². The number of nitro benzene ring substituents is 1. The third-order valence-corrected chi connectivity index (χ3v) is 3.82. The maximum Gasteiger partial charge on any atom is 0.345 e. The van der Waals surface area contributed by atoms with Crippen LogP contribution in [0.4, 0.5) is 11.4 Å². The van der Waals surface area contributed by atoms with Crippen LogP contribution in [0.1, 0.15) is 27.6 Å². The van der Waals surface area contributed by atoms with Crippen LogP contribution in [0.15, 0.2) is 36.4 Å². The van der Waals surface area contributed by atoms with Gasteiger partial charge in [0.25, 0.3) is 11.6 Å². The monoisotopic (exact) mass is 386 g/mol. The third kappa shape index (κ3) is 3.90. The minimum Gasteiger partial charge on any atom is -0.454 e. The molecule has 10 nitrogen and oxygen atoms in total. The molecule has 0 aliphatic carbocycles. The van der Waals surface area contributed by atoms with Gasteiger partial charge in [-0.25, -0.2) is 4.79 Å². The molecule has 1 aliphatic heterocycles. The lowest BCUT2D eigenvalue weighted by Gasteiger charge is -2.11. The summed E-state index contributed by atoms with van der Waals surface area (Å²) in [7, 11) is 0. The minimum absolute atomic E-state index is 0.00243. The standard InChI is InChI=1S/C18H14N2O8/c1-10(21)12-6-15-16(28-9-27-15)7-13(12)19-17(22)8-26-18(23)11-4-2-3-5-14(11)20(24)25/h2-7H,8-9H2,1H3,(H,19,22). The molecule has 3 rings (SSSR count). The molecule has 0 unspecified atom stereocenters. The van der Waals surface area contributed by atoms with E-state index in [0.29, 0.717) is 11.5 Å². The molecule has 0 aromatic heterocycles. The van der Waals surface area contributed by atoms with Crippen LogP contribution in [0, 0.1) is 10.1 Å². The highest BCUT2D eigenvalue weighted by Gasteiger charge is 2.23. The first kappa shape index (κ1) is 18.8. The zero-order chi connectivity index (χ0) is 20.3. The molecule has 0 saturated carbocycles. The number of amides is 1. The lowest BCUT2D eigenvalue weighted by atomic mass is 10.1. The van der Waals surface area contributed by atoms with E-state index < -0.39 is 29.1 Å². The van der Waals surface area contributed by atoms with Crippen molar-refractivity contribution in [2.75, 3.05) is 18.7 Å². The van der Waals surface area contributed by atoms with Crippen molar-refractivity contribution in [1.29, 1.82) is 0 Å². The van der Waals surface area contributed by atoms with E-state index in [1.54, 1.807) is 0 Å². The van der Waals surface area contributed by atoms with Gasteiger partial charge < -0.3 is 19.5 Å². The summed E-state index contributed by atoms with van der Waals surface area (Å²) in [6, 6.07) is 8.10. The first-order valence-electron chi connectivity index (χ1n) is 8.02. The molecule has 2 aromatic carbocycles. The number of carbonyl (C=O) groups is 3. The fourth-order valence-corrected chi connectivity index (χ4v) is 2.54. The Morgan fingerprint density at radius 1 is 1.14 bits per heavy atom. The fourth-order valence-electron chi connectivity index (χ4n) is 2.54. The number of fused-ring (bicyclic) bond motifs is 1. The van der Waals surface area contributed by atoms with E-state index in [1.165, 1.54) is 37.3 Å². The van der Waals surface area contributed by atoms with E-state index in [4.69, 9.17) is 14.2 Å². The predicted molar refractivity (Wildman–Crippen MR) is 94.6 cm³/mol. The summed E-state index contributed by atoms with van der Waals surface area (Å²) in [6.07, 6.45) is 0. The second kappa shape index (κ2) is 7.74. The van der Waals surface area contributed by atoms with E-state index in [0.717, 1.165) is 6.07 Å². The lowest BCUT2D eigenvalue weighted by Crippen LogP contribution is -2.22. The Hall–Kier alpha value is -3.95. The average Bonchev–Trinajstić information content (AvgIpc) is 3.12. The maximum absolute atomic E-state index is 12.1. The number of nitrogens with zero attached hydrogens (tertiary/aromatic N) is 1. The zero-order valence-corrected chi connectivity index (χ0v) is 14.6. The van der Waals surface area contributed by atoms with E-state index in [1.807, 2.05) is 0 Å². The van der Waals surface area contributed by atoms with Gasteiger partial charge in [0.2, 0.25) is 6.79 Å². The van der Waals surface area contributed by atoms with E-state index >= 15 is 0 Å². The van der Waals surface area contributed by atoms with Gasteiger partial charge in [-0.15, -0.1) is 0 Å². The van der Waals surface area contributed by atoms with Crippen molar-refractivity contribution < 1.29 is 33.5 Å². The number of nitro groups is 1. The SMILES string of the molecule is CC(=O)c1cc2c(cc1NC(=O)COC(=O)c1ccccc1[N+](=O)[O-])OCO2. The van der Waals surface area contributed by atoms with Crippen molar-refractivity contribution in [3.63, 3.8) is 0 Å². The van der Waals surface area contributed by atoms with Crippen LogP contribution in [-0.2, 0) is 9.53 Å². The molecule has 1 amide bonds. The number of hydrogen-bond donors (Lipinski definition) is 1. The third-order valence-electron chi connectivity index (χ3n) is 3.82. The van der Waals surface area contributed by atoms with E-state index in [-0.39, 0.29) is 29.4 Å². The topological polar surface area (TPSA) is 134 Å². The number of esters is 1. The molecule has 0 radical (unpaired) electrons. The smallest absolute Gasteiger partial charge is 0.345 e. The fraction of sp³-hybridized carbons (Fsp3) is 0.167. The van der Waals surface area contributed by atoms with Gasteiger partial charge in [0.15, 0.2) is 23.9 Å². The summed E-state index contributed by atoms with van der Waals surface area (Å²) >= 11 is 0. The highest BCUT2D eigenvalue weighted by atomic mass is 16.7. The number of Topliss-reactive ketones (excluding diaryl/α,β-unsaturated/α-hetero) is 1. The molecular weight excluding hydrogens is 372 g/mol. The molecule has 0 bridgehead atoms. The number of nitrogens with one attached hydrogen (secondary N) is 1. The van der Waals surface area contributed by atoms with Crippen LogP contribution in [0.2, 0.25) is 0 Å². The van der Waals surface area contributed by atoms with Crippen molar-refractivity contribution in [3.05, 3.63) is 57.6 Å². The van der Waals surface area contributed by atoms with Crippen molar-refractivity contribution in [1.82, 2.24) is 0 Å². The molecule has 0 fully saturated rings. The summed E-state index contributed by atoms with van der Waals surface area (Å²) in [4.78, 5) is 46.2. The normalized spacial score (nSPS) is 11.6. The van der Waals surface area contributed by atoms with Crippen LogP contribution >= 0.6 is 0 Å². The van der Waals surface area contributed by atoms with E-state index in [9.17, 15) is 24.5 Å². The lowest BCUT2D eigenvalue weighted by molar-refractivity contribution is -0.385. The van der Waals surface area contributed by atoms with Gasteiger partial charge in [-0.05, 0) is 19.1 Å². The number of para-hydroxylation sites is 1. The number of carbonyl (C=O) groups excluding carboxylic acids is 3. The largest absolute Gasteiger partial charge is 0.454 e. The van der Waals surface area contributed by atoms with Gasteiger partial charge >= 0.3 is 5.97 Å². The second-order valence-corrected chi connectivity index (χ2v) is 5.71. The molecular formula is C18H14N2O8. The van der Waals surface area contributed by atoms with Crippen molar-refractivity contribution in [2.45, 2.75) is 6.92 Å². The Kier molecular flexibility index (Phi) is 5.21. The Bertz CT molecular complexity index is 986. The van der Waals surface area contributed by atoms with Gasteiger partial charge in [0.1, 0.15) is 5.56 Å². The number of ketones is 1. The first-order valence-corrected chi connectivity index (χ1v) is 8.02. The Morgan fingerprint density at radius 3 is 2.50 bits per heavy atom. The Labute approximate surface area is 158 Å². The van der Waals surface area contributed by atoms with Crippen molar-refractivity contribution in [2.24, 2.45) is 0 Å². The summed E-state index contributed by atoms with van der Waals surface area (Å²) in [5.41, 5.74) is -0.332. The summed E-state index contributed by atoms with van der Waals surface area (Å²) in [5.74, 6) is -1.32. The van der Waals surface area contributed by atoms with Gasteiger partial charge in [-0.2, -0.15) is 0 Å². The van der Waals surface area contributed by atoms with Gasteiger partial charge in [0, 0.05) is 17.7 Å². The average molecular weight is 386 g/mol. The number of anilines is 1. The molecule has 2 aromatic rings. The molecule has 0 spiro atoms. The molecule has 1 heterocycles. The quantitative estimate of drug-likeness (QED) is 0.346. The van der Waals surface area contributed by atoms with Crippen molar-refractivity contribution >= 4 is 29.0 Å². The summed E-state index contributed by atoms with van der Waals surface area (Å²) in [6.45, 7) is 0.621. The van der Waals surface area contributed by atoms with E-state index in [2.05, 4.69) is 5.32 Å². The summed E-state index contributed by atoms with van der Waals surface area (Å²) < 4.78 is 15.3.